The van der Waals surface area contributed by atoms with E-state index in [1.165, 1.54) is 24.3 Å². The number of hydrogen-bond acceptors (Lipinski definition) is 5. The van der Waals surface area contributed by atoms with Gasteiger partial charge in [0.1, 0.15) is 11.9 Å². The number of carbonyl (C=O) groups excluding carboxylic acids is 1. The van der Waals surface area contributed by atoms with Crippen LogP contribution in [0, 0.1) is 0 Å². The molecule has 1 saturated heterocycles. The van der Waals surface area contributed by atoms with Crippen molar-refractivity contribution >= 4 is 22.5 Å². The molecule has 5 rings (SSSR count). The fourth-order valence-electron chi connectivity index (χ4n) is 4.05. The summed E-state index contributed by atoms with van der Waals surface area (Å²) in [6.07, 6.45) is 3.14. The Morgan fingerprint density at radius 3 is 2.76 bits per heavy atom. The Labute approximate surface area is 192 Å². The number of alkyl halides is 3. The molecular formula is C23H21F3N6O2. The van der Waals surface area contributed by atoms with E-state index in [1.807, 2.05) is 24.4 Å². The second-order valence-electron chi connectivity index (χ2n) is 7.97. The minimum Gasteiger partial charge on any atom is -0.435 e. The molecular weight excluding hydrogens is 449 g/mol. The van der Waals surface area contributed by atoms with E-state index < -0.39 is 18.7 Å². The molecule has 2 aromatic carbocycles. The van der Waals surface area contributed by atoms with Gasteiger partial charge in [-0.15, -0.1) is 0 Å². The largest absolute Gasteiger partial charge is 0.435 e. The van der Waals surface area contributed by atoms with E-state index in [-0.39, 0.29) is 17.5 Å². The van der Waals surface area contributed by atoms with Gasteiger partial charge in [-0.2, -0.15) is 19.0 Å². The van der Waals surface area contributed by atoms with Crippen LogP contribution in [0.1, 0.15) is 23.0 Å². The Balaban J connectivity index is 1.36. The van der Waals surface area contributed by atoms with Gasteiger partial charge < -0.3 is 15.4 Å². The summed E-state index contributed by atoms with van der Waals surface area (Å²) in [5, 5.41) is 17.7. The van der Waals surface area contributed by atoms with Crippen LogP contribution in [0.3, 0.4) is 0 Å². The van der Waals surface area contributed by atoms with Gasteiger partial charge in [-0.3, -0.25) is 14.6 Å². The van der Waals surface area contributed by atoms with Gasteiger partial charge in [0.15, 0.2) is 5.69 Å². The third-order valence-corrected chi connectivity index (χ3v) is 5.76. The highest BCUT2D eigenvalue weighted by Gasteiger charge is 2.27. The first-order valence-corrected chi connectivity index (χ1v) is 10.7. The Kier molecular flexibility index (Phi) is 5.93. The smallest absolute Gasteiger partial charge is 0.387 e. The number of nitrogens with zero attached hydrogens (tertiary/aromatic N) is 3. The number of nitrogens with one attached hydrogen (secondary N) is 3. The van der Waals surface area contributed by atoms with Crippen molar-refractivity contribution in [3.05, 3.63) is 60.6 Å². The maximum Gasteiger partial charge on any atom is 0.387 e. The minimum absolute atomic E-state index is 0.00743. The van der Waals surface area contributed by atoms with Crippen LogP contribution in [-0.2, 0) is 0 Å². The Hall–Kier alpha value is -3.86. The van der Waals surface area contributed by atoms with Gasteiger partial charge in [-0.1, -0.05) is 6.07 Å². The van der Waals surface area contributed by atoms with Gasteiger partial charge in [-0.05, 0) is 54.9 Å². The summed E-state index contributed by atoms with van der Waals surface area (Å²) in [4.78, 5) is 12.8. The van der Waals surface area contributed by atoms with E-state index in [1.54, 1.807) is 10.9 Å². The van der Waals surface area contributed by atoms with Crippen molar-refractivity contribution in [2.24, 2.45) is 0 Å². The maximum absolute atomic E-state index is 14.3. The molecule has 1 amide bonds. The van der Waals surface area contributed by atoms with Crippen molar-refractivity contribution in [3.8, 4) is 16.9 Å². The molecule has 2 unspecified atom stereocenters. The van der Waals surface area contributed by atoms with Gasteiger partial charge in [0.25, 0.3) is 5.91 Å². The van der Waals surface area contributed by atoms with Crippen molar-refractivity contribution in [3.63, 3.8) is 0 Å². The number of aromatic amines is 1. The Bertz CT molecular complexity index is 1300. The van der Waals surface area contributed by atoms with Crippen molar-refractivity contribution in [2.45, 2.75) is 25.2 Å². The molecule has 2 atom stereocenters. The predicted molar refractivity (Wildman–Crippen MR) is 120 cm³/mol. The summed E-state index contributed by atoms with van der Waals surface area (Å²) in [6, 6.07) is 10.8. The molecule has 1 fully saturated rings. The van der Waals surface area contributed by atoms with Crippen LogP contribution in [0.25, 0.3) is 22.0 Å². The molecule has 0 saturated carbocycles. The molecule has 176 valence electrons. The number of H-pyrrole nitrogens is 1. The number of rotatable bonds is 6. The van der Waals surface area contributed by atoms with Gasteiger partial charge in [0, 0.05) is 29.4 Å². The second-order valence-corrected chi connectivity index (χ2v) is 7.97. The van der Waals surface area contributed by atoms with Crippen LogP contribution in [0.4, 0.5) is 18.9 Å². The topological polar surface area (TPSA) is 96.9 Å². The molecule has 8 nitrogen and oxygen atoms in total. The number of fused-ring (bicyclic) bond motifs is 1. The minimum atomic E-state index is -2.92. The van der Waals surface area contributed by atoms with Gasteiger partial charge in [0.2, 0.25) is 0 Å². The lowest BCUT2D eigenvalue weighted by Crippen LogP contribution is -2.39. The van der Waals surface area contributed by atoms with Crippen LogP contribution in [0.5, 0.6) is 5.75 Å². The number of anilines is 1. The van der Waals surface area contributed by atoms with Crippen molar-refractivity contribution < 1.29 is 22.7 Å². The summed E-state index contributed by atoms with van der Waals surface area (Å²) in [7, 11) is 0. The Morgan fingerprint density at radius 1 is 1.18 bits per heavy atom. The predicted octanol–water partition coefficient (Wildman–Crippen LogP) is 4.15. The van der Waals surface area contributed by atoms with Crippen LogP contribution >= 0.6 is 0 Å². The third-order valence-electron chi connectivity index (χ3n) is 5.76. The molecule has 1 aliphatic rings. The second kappa shape index (κ2) is 9.18. The van der Waals surface area contributed by atoms with E-state index in [4.69, 9.17) is 0 Å². The first kappa shape index (κ1) is 22.0. The van der Waals surface area contributed by atoms with Crippen LogP contribution in [0.15, 0.2) is 54.9 Å². The number of benzene rings is 2. The van der Waals surface area contributed by atoms with Gasteiger partial charge in [-0.25, -0.2) is 4.39 Å². The monoisotopic (exact) mass is 470 g/mol. The summed E-state index contributed by atoms with van der Waals surface area (Å²) in [6.45, 7) is -1.88. The lowest BCUT2D eigenvalue weighted by Gasteiger charge is -2.26. The molecule has 0 spiro atoms. The average molecular weight is 470 g/mol. The van der Waals surface area contributed by atoms with Crippen molar-refractivity contribution in [1.29, 1.82) is 0 Å². The van der Waals surface area contributed by atoms with E-state index in [2.05, 4.69) is 30.7 Å². The van der Waals surface area contributed by atoms with Crippen LogP contribution < -0.4 is 15.4 Å². The standard InChI is InChI=1S/C23H21F3N6O2/c24-18-11-27-8-7-20(18)32-12-14(10-28-32)13-1-6-19-17(9-13)21(31-30-19)22(33)29-15-2-4-16(5-3-15)34-23(25)26/h1-6,9-10,12,18,20,23,27H,7-8,11H2,(H,29,33)(H,30,31). The summed E-state index contributed by atoms with van der Waals surface area (Å²) >= 11 is 0. The van der Waals surface area contributed by atoms with E-state index >= 15 is 0 Å². The molecule has 0 aliphatic carbocycles. The van der Waals surface area contributed by atoms with Crippen LogP contribution in [0.2, 0.25) is 0 Å². The fourth-order valence-corrected chi connectivity index (χ4v) is 4.05. The summed E-state index contributed by atoms with van der Waals surface area (Å²) < 4.78 is 44.9. The van der Waals surface area contributed by atoms with Gasteiger partial charge >= 0.3 is 6.61 Å². The number of amides is 1. The molecule has 34 heavy (non-hydrogen) atoms. The Morgan fingerprint density at radius 2 is 2.00 bits per heavy atom. The lowest BCUT2D eigenvalue weighted by molar-refractivity contribution is -0.0498. The van der Waals surface area contributed by atoms with Crippen molar-refractivity contribution in [2.75, 3.05) is 18.4 Å². The molecule has 1 aliphatic heterocycles. The zero-order valence-electron chi connectivity index (χ0n) is 17.8. The molecule has 3 heterocycles. The summed E-state index contributed by atoms with van der Waals surface area (Å²) in [5.74, 6) is -0.469. The van der Waals surface area contributed by atoms with E-state index in [9.17, 15) is 18.0 Å². The van der Waals surface area contributed by atoms with E-state index in [0.29, 0.717) is 29.6 Å². The molecule has 3 N–H and O–H groups in total. The summed E-state index contributed by atoms with van der Waals surface area (Å²) in [5.41, 5.74) is 2.87. The average Bonchev–Trinajstić information content (AvgIpc) is 3.47. The maximum atomic E-state index is 14.3. The molecule has 2 aromatic heterocycles. The highest BCUT2D eigenvalue weighted by Crippen LogP contribution is 2.28. The van der Waals surface area contributed by atoms with Crippen molar-refractivity contribution in [1.82, 2.24) is 25.3 Å². The molecule has 0 bridgehead atoms. The normalized spacial score (nSPS) is 18.4. The third kappa shape index (κ3) is 4.46. The molecule has 11 heteroatoms. The highest BCUT2D eigenvalue weighted by molar-refractivity contribution is 6.11. The SMILES string of the molecule is O=C(Nc1ccc(OC(F)F)cc1)c1n[nH]c2ccc(-c3cnn(C4CCNCC4F)c3)cc12. The zero-order chi connectivity index (χ0) is 23.7. The zero-order valence-corrected chi connectivity index (χ0v) is 17.8. The number of ether oxygens (including phenoxy) is 1. The first-order valence-electron chi connectivity index (χ1n) is 10.7. The number of carbonyl (C=O) groups is 1. The van der Waals surface area contributed by atoms with E-state index in [0.717, 1.165) is 17.7 Å². The molecule has 4 aromatic rings. The number of halogens is 3. The fraction of sp³-hybridized carbons (Fsp3) is 0.261. The number of hydrogen-bond donors (Lipinski definition) is 3. The number of aromatic nitrogens is 4. The first-order chi connectivity index (χ1) is 16.5. The number of piperidine rings is 1. The van der Waals surface area contributed by atoms with Crippen LogP contribution in [-0.4, -0.2) is 51.8 Å². The van der Waals surface area contributed by atoms with Gasteiger partial charge in [0.05, 0.1) is 17.8 Å². The highest BCUT2D eigenvalue weighted by atomic mass is 19.3. The quantitative estimate of drug-likeness (QED) is 0.393. The lowest BCUT2D eigenvalue weighted by atomic mass is 10.0. The molecule has 0 radical (unpaired) electrons.